The molecule has 2 aliphatic rings. The standard InChI is InChI=1S/C20H18ClN5OS/c1-10-5-6-15(9-17(10)21)25-11(2)7-14(12(25)3)8-16-18(22)26-20(23-19(16)27)28-13(4)24-26/h5-9,22H,1-4H3/b16-8+,22-18?. The molecule has 0 atom stereocenters. The first-order valence-corrected chi connectivity index (χ1v) is 9.88. The van der Waals surface area contributed by atoms with Crippen LogP contribution in [0.3, 0.4) is 0 Å². The lowest BCUT2D eigenvalue weighted by atomic mass is 10.1. The quantitative estimate of drug-likeness (QED) is 0.728. The minimum absolute atomic E-state index is 0.0440. The molecular weight excluding hydrogens is 394 g/mol. The largest absolute Gasteiger partial charge is 0.318 e. The average molecular weight is 412 g/mol. The number of rotatable bonds is 2. The minimum Gasteiger partial charge on any atom is -0.318 e. The van der Waals surface area contributed by atoms with Crippen molar-refractivity contribution in [3.63, 3.8) is 0 Å². The van der Waals surface area contributed by atoms with Crippen LogP contribution in [0.2, 0.25) is 5.02 Å². The van der Waals surface area contributed by atoms with Crippen molar-refractivity contribution in [2.24, 2.45) is 10.1 Å². The molecule has 8 heteroatoms. The van der Waals surface area contributed by atoms with Crippen molar-refractivity contribution >= 4 is 51.4 Å². The Morgan fingerprint density at radius 3 is 2.64 bits per heavy atom. The summed E-state index contributed by atoms with van der Waals surface area (Å²) in [6.07, 6.45) is 1.72. The number of benzene rings is 1. The SMILES string of the molecule is CC1=NN2C(=N)/C(=C\c3cc(C)n(-c4ccc(C)c(Cl)c4)c3C)C(=O)N=C2S1. The summed E-state index contributed by atoms with van der Waals surface area (Å²) in [6, 6.07) is 7.92. The van der Waals surface area contributed by atoms with Gasteiger partial charge in [0, 0.05) is 22.1 Å². The first kappa shape index (κ1) is 18.7. The zero-order chi connectivity index (χ0) is 20.2. The fraction of sp³-hybridized carbons (Fsp3) is 0.200. The van der Waals surface area contributed by atoms with E-state index in [-0.39, 0.29) is 11.4 Å². The molecule has 4 rings (SSSR count). The predicted octanol–water partition coefficient (Wildman–Crippen LogP) is 4.70. The van der Waals surface area contributed by atoms with E-state index in [4.69, 9.17) is 17.0 Å². The molecule has 2 aromatic rings. The highest BCUT2D eigenvalue weighted by molar-refractivity contribution is 8.26. The second kappa shape index (κ2) is 6.76. The summed E-state index contributed by atoms with van der Waals surface area (Å²) in [4.78, 5) is 16.6. The molecule has 28 heavy (non-hydrogen) atoms. The van der Waals surface area contributed by atoms with Gasteiger partial charge in [-0.25, -0.2) is 0 Å². The lowest BCUT2D eigenvalue weighted by molar-refractivity contribution is -0.114. The summed E-state index contributed by atoms with van der Waals surface area (Å²) < 4.78 is 2.08. The van der Waals surface area contributed by atoms with Gasteiger partial charge in [-0.3, -0.25) is 10.2 Å². The van der Waals surface area contributed by atoms with Gasteiger partial charge in [0.05, 0.1) is 10.6 Å². The molecule has 0 unspecified atom stereocenters. The van der Waals surface area contributed by atoms with Crippen molar-refractivity contribution in [1.29, 1.82) is 5.41 Å². The molecule has 0 fully saturated rings. The van der Waals surface area contributed by atoms with Crippen LogP contribution in [-0.4, -0.2) is 31.5 Å². The van der Waals surface area contributed by atoms with Crippen LogP contribution < -0.4 is 0 Å². The number of fused-ring (bicyclic) bond motifs is 1. The Bertz CT molecular complexity index is 1140. The number of amidine groups is 2. The summed E-state index contributed by atoms with van der Waals surface area (Å²) in [5.41, 5.74) is 5.02. The molecule has 1 aromatic carbocycles. The number of carbonyl (C=O) groups excluding carboxylic acids is 1. The first-order valence-electron chi connectivity index (χ1n) is 8.68. The van der Waals surface area contributed by atoms with Crippen LogP contribution >= 0.6 is 23.4 Å². The van der Waals surface area contributed by atoms with Crippen LogP contribution in [0.5, 0.6) is 0 Å². The maximum absolute atomic E-state index is 12.5. The zero-order valence-electron chi connectivity index (χ0n) is 15.9. The van der Waals surface area contributed by atoms with Gasteiger partial charge in [-0.1, -0.05) is 17.7 Å². The highest BCUT2D eigenvalue weighted by atomic mass is 35.5. The van der Waals surface area contributed by atoms with Crippen LogP contribution in [0.4, 0.5) is 0 Å². The second-order valence-corrected chi connectivity index (χ2v) is 8.30. The van der Waals surface area contributed by atoms with Crippen LogP contribution in [0.15, 0.2) is 39.9 Å². The third-order valence-corrected chi connectivity index (χ3v) is 5.97. The van der Waals surface area contributed by atoms with Crippen molar-refractivity contribution < 1.29 is 4.79 Å². The van der Waals surface area contributed by atoms with Crippen molar-refractivity contribution in [3.05, 3.63) is 57.4 Å². The third kappa shape index (κ3) is 3.00. The predicted molar refractivity (Wildman–Crippen MR) is 116 cm³/mol. The molecule has 0 aliphatic carbocycles. The van der Waals surface area contributed by atoms with E-state index in [2.05, 4.69) is 14.7 Å². The van der Waals surface area contributed by atoms with Crippen LogP contribution in [0.25, 0.3) is 11.8 Å². The van der Waals surface area contributed by atoms with Crippen molar-refractivity contribution in [2.75, 3.05) is 0 Å². The topological polar surface area (TPSA) is 73.8 Å². The molecule has 6 nitrogen and oxygen atoms in total. The summed E-state index contributed by atoms with van der Waals surface area (Å²) in [6.45, 7) is 7.77. The summed E-state index contributed by atoms with van der Waals surface area (Å²) in [5.74, 6) is -0.376. The maximum Gasteiger partial charge on any atom is 0.283 e. The Morgan fingerprint density at radius 1 is 1.18 bits per heavy atom. The number of nitrogens with one attached hydrogen (secondary N) is 1. The van der Waals surface area contributed by atoms with Gasteiger partial charge in [0.25, 0.3) is 5.91 Å². The minimum atomic E-state index is -0.420. The molecule has 0 saturated heterocycles. The Morgan fingerprint density at radius 2 is 1.93 bits per heavy atom. The second-order valence-electron chi connectivity index (χ2n) is 6.73. The van der Waals surface area contributed by atoms with Gasteiger partial charge in [-0.05, 0) is 74.9 Å². The highest BCUT2D eigenvalue weighted by Crippen LogP contribution is 2.30. The molecule has 3 heterocycles. The zero-order valence-corrected chi connectivity index (χ0v) is 17.4. The summed E-state index contributed by atoms with van der Waals surface area (Å²) in [7, 11) is 0. The summed E-state index contributed by atoms with van der Waals surface area (Å²) >= 11 is 7.59. The van der Waals surface area contributed by atoms with E-state index in [0.717, 1.165) is 33.2 Å². The number of carbonyl (C=O) groups is 1. The van der Waals surface area contributed by atoms with Gasteiger partial charge in [-0.15, -0.1) is 0 Å². The highest BCUT2D eigenvalue weighted by Gasteiger charge is 2.34. The Hall–Kier alpha value is -2.64. The fourth-order valence-corrected chi connectivity index (χ4v) is 4.20. The molecule has 2 aliphatic heterocycles. The van der Waals surface area contributed by atoms with E-state index in [0.29, 0.717) is 10.2 Å². The van der Waals surface area contributed by atoms with E-state index in [1.165, 1.54) is 16.8 Å². The monoisotopic (exact) mass is 411 g/mol. The van der Waals surface area contributed by atoms with Crippen molar-refractivity contribution in [1.82, 2.24) is 9.58 Å². The Balaban J connectivity index is 1.78. The lowest BCUT2D eigenvalue weighted by Gasteiger charge is -2.20. The number of aryl methyl sites for hydroxylation is 2. The molecule has 1 N–H and O–H groups in total. The fourth-order valence-electron chi connectivity index (χ4n) is 3.30. The van der Waals surface area contributed by atoms with Gasteiger partial charge in [0.1, 0.15) is 0 Å². The Kier molecular flexibility index (Phi) is 4.51. The summed E-state index contributed by atoms with van der Waals surface area (Å²) in [5, 5.41) is 16.0. The van der Waals surface area contributed by atoms with Gasteiger partial charge >= 0.3 is 0 Å². The smallest absolute Gasteiger partial charge is 0.283 e. The number of hydrogen-bond donors (Lipinski definition) is 1. The molecule has 0 radical (unpaired) electrons. The van der Waals surface area contributed by atoms with Crippen molar-refractivity contribution in [2.45, 2.75) is 27.7 Å². The van der Waals surface area contributed by atoms with E-state index < -0.39 is 5.91 Å². The molecule has 0 spiro atoms. The molecule has 1 aromatic heterocycles. The van der Waals surface area contributed by atoms with Gasteiger partial charge in [0.2, 0.25) is 5.17 Å². The van der Waals surface area contributed by atoms with E-state index in [1.54, 1.807) is 6.08 Å². The maximum atomic E-state index is 12.5. The molecular formula is C20H18ClN5OS. The van der Waals surface area contributed by atoms with Gasteiger partial charge in [0.15, 0.2) is 5.84 Å². The van der Waals surface area contributed by atoms with Crippen LogP contribution in [0.1, 0.15) is 29.4 Å². The molecule has 1 amide bonds. The third-order valence-electron chi connectivity index (χ3n) is 4.74. The van der Waals surface area contributed by atoms with Gasteiger partial charge in [-0.2, -0.15) is 15.1 Å². The first-order chi connectivity index (χ1) is 13.3. The van der Waals surface area contributed by atoms with Crippen LogP contribution in [-0.2, 0) is 4.79 Å². The number of nitrogens with zero attached hydrogens (tertiary/aromatic N) is 4. The lowest BCUT2D eigenvalue weighted by Crippen LogP contribution is -2.35. The van der Waals surface area contributed by atoms with Gasteiger partial charge < -0.3 is 4.57 Å². The van der Waals surface area contributed by atoms with Crippen molar-refractivity contribution in [3.8, 4) is 5.69 Å². The number of hydrogen-bond acceptors (Lipinski definition) is 4. The van der Waals surface area contributed by atoms with E-state index in [9.17, 15) is 4.79 Å². The Labute approximate surface area is 172 Å². The molecule has 0 bridgehead atoms. The number of thioether (sulfide) groups is 1. The average Bonchev–Trinajstić information content (AvgIpc) is 3.13. The number of aliphatic imine (C=N–C) groups is 1. The normalized spacial score (nSPS) is 17.9. The number of amides is 1. The van der Waals surface area contributed by atoms with E-state index in [1.807, 2.05) is 52.0 Å². The number of halogens is 1. The van der Waals surface area contributed by atoms with Crippen LogP contribution in [0, 0.1) is 26.2 Å². The number of aromatic nitrogens is 1. The molecule has 0 saturated carbocycles. The molecule has 142 valence electrons. The number of hydrazone groups is 1. The van der Waals surface area contributed by atoms with E-state index >= 15 is 0 Å².